The van der Waals surface area contributed by atoms with Crippen LogP contribution in [0.4, 0.5) is 13.2 Å². The molecule has 0 saturated carbocycles. The molecule has 1 rings (SSSR count). The summed E-state index contributed by atoms with van der Waals surface area (Å²) >= 11 is 1.96. The number of alkyl halides is 3. The smallest absolute Gasteiger partial charge is 0.424 e. The highest BCUT2D eigenvalue weighted by Gasteiger charge is 2.26. The van der Waals surface area contributed by atoms with Crippen molar-refractivity contribution in [3.63, 3.8) is 0 Å². The molecule has 0 N–H and O–H groups in total. The highest BCUT2D eigenvalue weighted by molar-refractivity contribution is 9.09. The lowest BCUT2D eigenvalue weighted by Gasteiger charge is -2.10. The highest BCUT2D eigenvalue weighted by atomic mass is 79.9. The molecule has 0 amide bonds. The van der Waals surface area contributed by atoms with Crippen molar-refractivity contribution in [2.75, 3.05) is 0 Å². The van der Waals surface area contributed by atoms with Gasteiger partial charge in [0.2, 0.25) is 0 Å². The van der Waals surface area contributed by atoms with Crippen molar-refractivity contribution in [3.8, 4) is 5.75 Å². The molecule has 0 spiro atoms. The molecule has 1 nitrogen and oxygen atoms in total. The molecule has 0 aliphatic heterocycles. The summed E-state index contributed by atoms with van der Waals surface area (Å²) in [6.07, 6.45) is 0. The summed E-state index contributed by atoms with van der Waals surface area (Å²) in [4.78, 5) is 0. The maximum Gasteiger partial charge on any atom is 0.459 e. The third-order valence-electron chi connectivity index (χ3n) is 1.03. The largest absolute Gasteiger partial charge is 0.459 e. The van der Waals surface area contributed by atoms with Gasteiger partial charge in [-0.05, 0) is 12.1 Å². The number of benzene rings is 1. The summed E-state index contributed by atoms with van der Waals surface area (Å²) in [6, 6.07) is 4.52. The van der Waals surface area contributed by atoms with E-state index in [1.54, 1.807) is 0 Å². The van der Waals surface area contributed by atoms with Gasteiger partial charge in [-0.3, -0.25) is 0 Å². The minimum absolute atomic E-state index is 0.225. The molecule has 0 aliphatic rings. The Morgan fingerprint density at radius 2 is 2.00 bits per heavy atom. The van der Waals surface area contributed by atoms with E-state index in [1.807, 2.05) is 15.9 Å². The van der Waals surface area contributed by atoms with Crippen LogP contribution >= 0.6 is 15.9 Å². The van der Waals surface area contributed by atoms with Gasteiger partial charge in [-0.2, -0.15) is 8.78 Å². The fraction of sp³-hybridized carbons (Fsp3) is 0.143. The van der Waals surface area contributed by atoms with Crippen LogP contribution in [0.5, 0.6) is 5.75 Å². The van der Waals surface area contributed by atoms with E-state index in [2.05, 4.69) is 4.74 Å². The summed E-state index contributed by atoms with van der Waals surface area (Å²) in [7, 11) is 0. The molecule has 0 radical (unpaired) electrons. The van der Waals surface area contributed by atoms with Crippen LogP contribution in [0.3, 0.4) is 0 Å². The van der Waals surface area contributed by atoms with Crippen molar-refractivity contribution in [2.45, 2.75) is 5.02 Å². The molecule has 0 aromatic heterocycles. The monoisotopic (exact) mass is 240 g/mol. The van der Waals surface area contributed by atoms with Crippen LogP contribution in [-0.4, -0.2) is 5.02 Å². The van der Waals surface area contributed by atoms with Crippen molar-refractivity contribution in [1.29, 1.82) is 0 Å². The van der Waals surface area contributed by atoms with Crippen LogP contribution in [0.2, 0.25) is 0 Å². The maximum absolute atomic E-state index is 12.4. The Hall–Kier alpha value is -0.710. The van der Waals surface area contributed by atoms with E-state index in [0.717, 1.165) is 12.1 Å². The minimum Gasteiger partial charge on any atom is -0.424 e. The molecule has 1 aromatic carbocycles. The van der Waals surface area contributed by atoms with Gasteiger partial charge < -0.3 is 4.74 Å². The van der Waals surface area contributed by atoms with Crippen molar-refractivity contribution in [3.05, 3.63) is 30.1 Å². The lowest BCUT2D eigenvalue weighted by atomic mass is 10.3. The van der Waals surface area contributed by atoms with Crippen LogP contribution in [0.1, 0.15) is 0 Å². The molecule has 0 bridgehead atoms. The van der Waals surface area contributed by atoms with Gasteiger partial charge in [0.05, 0.1) is 0 Å². The van der Waals surface area contributed by atoms with E-state index >= 15 is 0 Å². The van der Waals surface area contributed by atoms with E-state index in [-0.39, 0.29) is 5.75 Å². The first-order chi connectivity index (χ1) is 5.47. The van der Waals surface area contributed by atoms with E-state index in [4.69, 9.17) is 0 Å². The molecule has 0 heterocycles. The Morgan fingerprint density at radius 1 is 1.33 bits per heavy atom. The van der Waals surface area contributed by atoms with Crippen LogP contribution < -0.4 is 4.74 Å². The van der Waals surface area contributed by atoms with E-state index < -0.39 is 10.8 Å². The summed E-state index contributed by atoms with van der Waals surface area (Å²) in [5.41, 5.74) is 0. The summed E-state index contributed by atoms with van der Waals surface area (Å²) in [5, 5.41) is -3.46. The summed E-state index contributed by atoms with van der Waals surface area (Å²) < 4.78 is 40.7. The molecule has 0 unspecified atom stereocenters. The second kappa shape index (κ2) is 3.35. The SMILES string of the molecule is Fc1cccc(OC(F)(F)Br)c1. The number of hydrogen-bond acceptors (Lipinski definition) is 1. The van der Waals surface area contributed by atoms with Crippen molar-refractivity contribution < 1.29 is 17.9 Å². The highest BCUT2D eigenvalue weighted by Crippen LogP contribution is 2.26. The fourth-order valence-electron chi connectivity index (χ4n) is 0.664. The zero-order valence-electron chi connectivity index (χ0n) is 5.73. The van der Waals surface area contributed by atoms with Gasteiger partial charge in [-0.1, -0.05) is 6.07 Å². The van der Waals surface area contributed by atoms with Gasteiger partial charge in [0.1, 0.15) is 11.6 Å². The molecule has 0 aliphatic carbocycles. The van der Waals surface area contributed by atoms with E-state index in [9.17, 15) is 13.2 Å². The second-order valence-corrected chi connectivity index (χ2v) is 2.93. The molecule has 0 atom stereocenters. The van der Waals surface area contributed by atoms with E-state index in [1.165, 1.54) is 12.1 Å². The lowest BCUT2D eigenvalue weighted by Crippen LogP contribution is -2.14. The van der Waals surface area contributed by atoms with Gasteiger partial charge in [0, 0.05) is 22.0 Å². The molecule has 12 heavy (non-hydrogen) atoms. The van der Waals surface area contributed by atoms with Gasteiger partial charge in [0.15, 0.2) is 0 Å². The van der Waals surface area contributed by atoms with Crippen LogP contribution in [0.15, 0.2) is 24.3 Å². The van der Waals surface area contributed by atoms with Crippen LogP contribution in [0, 0.1) is 5.82 Å². The van der Waals surface area contributed by atoms with Gasteiger partial charge >= 0.3 is 5.02 Å². The first kappa shape index (κ1) is 9.38. The minimum atomic E-state index is -3.46. The number of rotatable bonds is 2. The average Bonchev–Trinajstić information content (AvgIpc) is 1.82. The standard InChI is InChI=1S/C7H4BrF3O/c8-7(10,11)12-6-3-1-2-5(9)4-6/h1-4H. The van der Waals surface area contributed by atoms with Crippen molar-refractivity contribution >= 4 is 15.9 Å². The Balaban J connectivity index is 2.77. The van der Waals surface area contributed by atoms with E-state index in [0.29, 0.717) is 0 Å². The first-order valence-electron chi connectivity index (χ1n) is 2.99. The number of ether oxygens (including phenoxy) is 1. The Morgan fingerprint density at radius 3 is 2.50 bits per heavy atom. The molecule has 1 aromatic rings. The number of hydrogen-bond donors (Lipinski definition) is 0. The quantitative estimate of drug-likeness (QED) is 0.722. The Labute approximate surface area is 75.3 Å². The van der Waals surface area contributed by atoms with Gasteiger partial charge in [-0.25, -0.2) is 4.39 Å². The van der Waals surface area contributed by atoms with Crippen molar-refractivity contribution in [2.24, 2.45) is 0 Å². The molecule has 66 valence electrons. The topological polar surface area (TPSA) is 9.23 Å². The molecule has 5 heteroatoms. The third-order valence-corrected chi connectivity index (χ3v) is 1.19. The third kappa shape index (κ3) is 3.13. The summed E-state index contributed by atoms with van der Waals surface area (Å²) in [5.74, 6) is -0.846. The molecule has 0 saturated heterocycles. The number of halogens is 4. The van der Waals surface area contributed by atoms with Crippen LogP contribution in [-0.2, 0) is 0 Å². The van der Waals surface area contributed by atoms with Crippen LogP contribution in [0.25, 0.3) is 0 Å². The lowest BCUT2D eigenvalue weighted by molar-refractivity contribution is -0.0804. The van der Waals surface area contributed by atoms with Gasteiger partial charge in [-0.15, -0.1) is 0 Å². The molecular weight excluding hydrogens is 237 g/mol. The zero-order chi connectivity index (χ0) is 9.19. The Kier molecular flexibility index (Phi) is 2.62. The predicted molar refractivity (Wildman–Crippen MR) is 40.9 cm³/mol. The average molecular weight is 241 g/mol. The maximum atomic E-state index is 12.4. The predicted octanol–water partition coefficient (Wildman–Crippen LogP) is 3.15. The molecule has 0 fully saturated rings. The van der Waals surface area contributed by atoms with Crippen molar-refractivity contribution in [1.82, 2.24) is 0 Å². The summed E-state index contributed by atoms with van der Waals surface area (Å²) in [6.45, 7) is 0. The Bertz CT molecular complexity index is 272. The van der Waals surface area contributed by atoms with Gasteiger partial charge in [0.25, 0.3) is 0 Å². The zero-order valence-corrected chi connectivity index (χ0v) is 7.32. The fourth-order valence-corrected chi connectivity index (χ4v) is 0.851. The first-order valence-corrected chi connectivity index (χ1v) is 3.78. The second-order valence-electron chi connectivity index (χ2n) is 2.01. The molecular formula is C7H4BrF3O. The normalized spacial score (nSPS) is 11.3.